The average Bonchev–Trinajstić information content (AvgIpc) is 2.28. The fourth-order valence-electron chi connectivity index (χ4n) is 1.19. The molecule has 3 nitrogen and oxygen atoms in total. The molecule has 0 fully saturated rings. The second-order valence-corrected chi connectivity index (χ2v) is 4.01. The van der Waals surface area contributed by atoms with Crippen molar-refractivity contribution in [2.75, 3.05) is 0 Å². The predicted molar refractivity (Wildman–Crippen MR) is 63.2 cm³/mol. The van der Waals surface area contributed by atoms with Crippen molar-refractivity contribution >= 4 is 5.91 Å². The van der Waals surface area contributed by atoms with E-state index in [-0.39, 0.29) is 5.91 Å². The number of nitrogens with one attached hydrogen (secondary N) is 1. The van der Waals surface area contributed by atoms with Gasteiger partial charge in [0.1, 0.15) is 0 Å². The molecule has 1 aromatic rings. The first-order valence-corrected chi connectivity index (χ1v) is 5.42. The van der Waals surface area contributed by atoms with Gasteiger partial charge in [-0.3, -0.25) is 9.63 Å². The third-order valence-electron chi connectivity index (χ3n) is 2.12. The summed E-state index contributed by atoms with van der Waals surface area (Å²) in [4.78, 5) is 16.4. The van der Waals surface area contributed by atoms with Crippen molar-refractivity contribution in [1.29, 1.82) is 0 Å². The van der Waals surface area contributed by atoms with Crippen LogP contribution >= 0.6 is 0 Å². The molecule has 0 aliphatic carbocycles. The van der Waals surface area contributed by atoms with Gasteiger partial charge in [0.15, 0.2) is 0 Å². The zero-order valence-corrected chi connectivity index (χ0v) is 9.82. The molecule has 3 heteroatoms. The summed E-state index contributed by atoms with van der Waals surface area (Å²) in [6.45, 7) is 4.43. The lowest BCUT2D eigenvalue weighted by molar-refractivity contribution is -0.134. The molecule has 1 N–H and O–H groups in total. The summed E-state index contributed by atoms with van der Waals surface area (Å²) in [5, 5.41) is 0. The minimum Gasteiger partial charge on any atom is -0.273 e. The van der Waals surface area contributed by atoms with E-state index in [1.807, 2.05) is 44.2 Å². The number of carbonyl (C=O) groups is 1. The van der Waals surface area contributed by atoms with Gasteiger partial charge in [-0.2, -0.15) is 0 Å². The summed E-state index contributed by atoms with van der Waals surface area (Å²) in [7, 11) is 0. The maximum absolute atomic E-state index is 11.3. The van der Waals surface area contributed by atoms with Crippen LogP contribution in [0.5, 0.6) is 0 Å². The van der Waals surface area contributed by atoms with Crippen LogP contribution in [-0.4, -0.2) is 5.91 Å². The Morgan fingerprint density at radius 3 is 2.50 bits per heavy atom. The van der Waals surface area contributed by atoms with Crippen LogP contribution in [0.2, 0.25) is 0 Å². The molecule has 16 heavy (non-hydrogen) atoms. The van der Waals surface area contributed by atoms with Gasteiger partial charge in [-0.15, -0.1) is 0 Å². The molecule has 1 rings (SSSR count). The van der Waals surface area contributed by atoms with E-state index in [1.54, 1.807) is 0 Å². The summed E-state index contributed by atoms with van der Waals surface area (Å²) >= 11 is 0. The lowest BCUT2D eigenvalue weighted by Crippen LogP contribution is -2.23. The molecule has 0 unspecified atom stereocenters. The van der Waals surface area contributed by atoms with E-state index in [0.717, 1.165) is 12.0 Å². The van der Waals surface area contributed by atoms with E-state index in [0.29, 0.717) is 13.0 Å². The van der Waals surface area contributed by atoms with Gasteiger partial charge in [0.2, 0.25) is 5.91 Å². The van der Waals surface area contributed by atoms with Crippen LogP contribution in [0, 0.1) is 5.92 Å². The number of rotatable bonds is 6. The van der Waals surface area contributed by atoms with Gasteiger partial charge in [0, 0.05) is 6.42 Å². The fourth-order valence-corrected chi connectivity index (χ4v) is 1.19. The maximum atomic E-state index is 11.3. The van der Waals surface area contributed by atoms with Crippen LogP contribution < -0.4 is 5.48 Å². The monoisotopic (exact) mass is 220 g/mol. The van der Waals surface area contributed by atoms with Crippen molar-refractivity contribution in [3.05, 3.63) is 41.8 Å². The van der Waals surface area contributed by atoms with Crippen LogP contribution in [0.3, 0.4) is 0 Å². The first-order valence-electron chi connectivity index (χ1n) is 5.42. The second kappa shape index (κ2) is 7.01. The summed E-state index contributed by atoms with van der Waals surface area (Å²) in [5.41, 5.74) is 3.48. The lowest BCUT2D eigenvalue weighted by Gasteiger charge is -2.06. The number of hydrogen-bond donors (Lipinski definition) is 1. The Kier molecular flexibility index (Phi) is 5.57. The standard InChI is InChI=1S/C13H18NO2/c1-11(2)8-9-13(15)14-16-10-12-6-4-3-5-7-12/h3-7H,8-10H2,1-2H3,(H,14,15). The Balaban J connectivity index is 2.13. The zero-order chi connectivity index (χ0) is 11.8. The van der Waals surface area contributed by atoms with Gasteiger partial charge in [0.25, 0.3) is 0 Å². The van der Waals surface area contributed by atoms with Crippen molar-refractivity contribution in [3.63, 3.8) is 0 Å². The van der Waals surface area contributed by atoms with Gasteiger partial charge in [0.05, 0.1) is 6.61 Å². The summed E-state index contributed by atoms with van der Waals surface area (Å²) in [5.74, 6) is 1.18. The second-order valence-electron chi connectivity index (χ2n) is 4.01. The third-order valence-corrected chi connectivity index (χ3v) is 2.12. The first kappa shape index (κ1) is 12.7. The molecule has 1 amide bonds. The molecule has 87 valence electrons. The Morgan fingerprint density at radius 1 is 1.19 bits per heavy atom. The lowest BCUT2D eigenvalue weighted by atomic mass is 10.1. The highest BCUT2D eigenvalue weighted by Gasteiger charge is 2.03. The minimum absolute atomic E-state index is 0.0721. The fraction of sp³-hybridized carbons (Fsp3) is 0.385. The normalized spacial score (nSPS) is 10.4. The van der Waals surface area contributed by atoms with E-state index in [4.69, 9.17) is 4.84 Å². The van der Waals surface area contributed by atoms with E-state index in [9.17, 15) is 4.79 Å². The molecule has 0 saturated heterocycles. The van der Waals surface area contributed by atoms with Crippen LogP contribution in [0.15, 0.2) is 30.3 Å². The molecule has 1 aromatic carbocycles. The molecule has 0 atom stereocenters. The highest BCUT2D eigenvalue weighted by Crippen LogP contribution is 2.05. The Bertz CT molecular complexity index is 309. The van der Waals surface area contributed by atoms with Gasteiger partial charge in [-0.25, -0.2) is 5.48 Å². The number of benzene rings is 1. The van der Waals surface area contributed by atoms with Crippen LogP contribution in [0.4, 0.5) is 0 Å². The van der Waals surface area contributed by atoms with Crippen molar-refractivity contribution in [2.24, 2.45) is 0 Å². The van der Waals surface area contributed by atoms with E-state index in [1.165, 1.54) is 5.92 Å². The van der Waals surface area contributed by atoms with E-state index in [2.05, 4.69) is 5.48 Å². The zero-order valence-electron chi connectivity index (χ0n) is 9.82. The minimum atomic E-state index is -0.0721. The van der Waals surface area contributed by atoms with E-state index >= 15 is 0 Å². The molecule has 0 aliphatic rings. The van der Waals surface area contributed by atoms with Crippen LogP contribution in [0.1, 0.15) is 32.3 Å². The van der Waals surface area contributed by atoms with Crippen LogP contribution in [0.25, 0.3) is 0 Å². The Hall–Kier alpha value is -1.35. The number of carbonyl (C=O) groups excluding carboxylic acids is 1. The van der Waals surface area contributed by atoms with Gasteiger partial charge in [-0.05, 0) is 17.9 Å². The largest absolute Gasteiger partial charge is 0.273 e. The first-order chi connectivity index (χ1) is 7.68. The summed E-state index contributed by atoms with van der Waals surface area (Å²) in [6.07, 6.45) is 1.29. The summed E-state index contributed by atoms with van der Waals surface area (Å²) in [6, 6.07) is 9.74. The third kappa shape index (κ3) is 5.51. The molecule has 0 heterocycles. The van der Waals surface area contributed by atoms with Gasteiger partial charge < -0.3 is 0 Å². The molecule has 0 bridgehead atoms. The van der Waals surface area contributed by atoms with Crippen molar-refractivity contribution in [3.8, 4) is 0 Å². The topological polar surface area (TPSA) is 38.3 Å². The maximum Gasteiger partial charge on any atom is 0.243 e. The number of amides is 1. The molecule has 1 radical (unpaired) electrons. The van der Waals surface area contributed by atoms with E-state index < -0.39 is 0 Å². The molecular formula is C13H18NO2. The summed E-state index contributed by atoms with van der Waals surface area (Å²) < 4.78 is 0. The van der Waals surface area contributed by atoms with Gasteiger partial charge >= 0.3 is 0 Å². The molecule has 0 spiro atoms. The van der Waals surface area contributed by atoms with Crippen molar-refractivity contribution in [2.45, 2.75) is 33.3 Å². The smallest absolute Gasteiger partial charge is 0.243 e. The quantitative estimate of drug-likeness (QED) is 0.748. The Morgan fingerprint density at radius 2 is 1.88 bits per heavy atom. The highest BCUT2D eigenvalue weighted by atomic mass is 16.6. The molecule has 0 aromatic heterocycles. The van der Waals surface area contributed by atoms with Crippen LogP contribution in [-0.2, 0) is 16.2 Å². The molecule has 0 aliphatic heterocycles. The van der Waals surface area contributed by atoms with Crippen molar-refractivity contribution in [1.82, 2.24) is 5.48 Å². The van der Waals surface area contributed by atoms with Crippen molar-refractivity contribution < 1.29 is 9.63 Å². The average molecular weight is 220 g/mol. The number of hydroxylamine groups is 1. The number of hydrogen-bond acceptors (Lipinski definition) is 2. The highest BCUT2D eigenvalue weighted by molar-refractivity contribution is 5.74. The van der Waals surface area contributed by atoms with Gasteiger partial charge in [-0.1, -0.05) is 44.2 Å². The molecule has 0 saturated carbocycles. The SMILES string of the molecule is C[C](C)CCC(=O)NOCc1ccccc1. The predicted octanol–water partition coefficient (Wildman–Crippen LogP) is 2.63. The molecular weight excluding hydrogens is 202 g/mol. The Labute approximate surface area is 96.8 Å².